The minimum atomic E-state index is -0.387. The van der Waals surface area contributed by atoms with E-state index in [1.807, 2.05) is 25.3 Å². The number of carbonyl (C=O) groups is 1. The molecule has 1 aromatic carbocycles. The Morgan fingerprint density at radius 1 is 1.29 bits per heavy atom. The first-order valence-electron chi connectivity index (χ1n) is 6.90. The van der Waals surface area contributed by atoms with Crippen molar-refractivity contribution in [1.29, 1.82) is 0 Å². The first-order chi connectivity index (χ1) is 10.2. The van der Waals surface area contributed by atoms with E-state index in [0.29, 0.717) is 17.7 Å². The highest BCUT2D eigenvalue weighted by Gasteiger charge is 2.16. The summed E-state index contributed by atoms with van der Waals surface area (Å²) in [5.41, 5.74) is 2.79. The van der Waals surface area contributed by atoms with Crippen LogP contribution in [0.5, 0.6) is 0 Å². The van der Waals surface area contributed by atoms with Gasteiger partial charge in [-0.3, -0.25) is 9.36 Å². The van der Waals surface area contributed by atoms with Gasteiger partial charge in [0.1, 0.15) is 0 Å². The lowest BCUT2D eigenvalue weighted by molar-refractivity contribution is 0.104. The number of thiophene rings is 1. The summed E-state index contributed by atoms with van der Waals surface area (Å²) in [6, 6.07) is 7.16. The highest BCUT2D eigenvalue weighted by molar-refractivity contribution is 7.12. The zero-order valence-electron chi connectivity index (χ0n) is 11.9. The number of aromatic nitrogens is 1. The topological polar surface area (TPSA) is 52.2 Å². The summed E-state index contributed by atoms with van der Waals surface area (Å²) >= 11 is 1.45. The van der Waals surface area contributed by atoms with Gasteiger partial charge in [0.25, 0.3) is 0 Å². The molecule has 0 aliphatic rings. The fourth-order valence-electron chi connectivity index (χ4n) is 2.45. The van der Waals surface area contributed by atoms with E-state index in [4.69, 9.17) is 4.42 Å². The smallest absolute Gasteiger partial charge is 0.408 e. The molecule has 4 nitrogen and oxygen atoms in total. The number of oxazole rings is 1. The normalized spacial score (nSPS) is 11.1. The zero-order chi connectivity index (χ0) is 15.0. The van der Waals surface area contributed by atoms with Gasteiger partial charge in [-0.25, -0.2) is 4.79 Å². The Balaban J connectivity index is 2.09. The molecule has 2 heterocycles. The molecule has 2 aromatic heterocycles. The van der Waals surface area contributed by atoms with Crippen molar-refractivity contribution in [2.75, 3.05) is 0 Å². The van der Waals surface area contributed by atoms with Gasteiger partial charge in [0, 0.05) is 12.1 Å². The second-order valence-corrected chi connectivity index (χ2v) is 5.67. The van der Waals surface area contributed by atoms with E-state index >= 15 is 0 Å². The Labute approximate surface area is 125 Å². The van der Waals surface area contributed by atoms with Gasteiger partial charge >= 0.3 is 5.76 Å². The Morgan fingerprint density at radius 2 is 2.10 bits per heavy atom. The van der Waals surface area contributed by atoms with Crippen molar-refractivity contribution in [3.63, 3.8) is 0 Å². The van der Waals surface area contributed by atoms with Gasteiger partial charge in [-0.1, -0.05) is 6.92 Å². The van der Waals surface area contributed by atoms with Gasteiger partial charge in [-0.15, -0.1) is 11.3 Å². The number of aryl methyl sites for hydroxylation is 2. The van der Waals surface area contributed by atoms with Crippen molar-refractivity contribution in [2.45, 2.75) is 26.8 Å². The summed E-state index contributed by atoms with van der Waals surface area (Å²) < 4.78 is 6.76. The number of rotatable bonds is 4. The molecule has 0 radical (unpaired) electrons. The van der Waals surface area contributed by atoms with Crippen molar-refractivity contribution in [3.05, 3.63) is 56.2 Å². The monoisotopic (exact) mass is 301 g/mol. The summed E-state index contributed by atoms with van der Waals surface area (Å²) in [6.45, 7) is 4.46. The average molecular weight is 301 g/mol. The summed E-state index contributed by atoms with van der Waals surface area (Å²) in [6.07, 6.45) is 0.827. The molecule has 3 aromatic rings. The van der Waals surface area contributed by atoms with Gasteiger partial charge in [-0.05, 0) is 48.6 Å². The SMILES string of the molecule is CCc1ccsc1C(=O)c1ccc2c(c1)oc(=O)n2CC. The van der Waals surface area contributed by atoms with Crippen LogP contribution in [-0.4, -0.2) is 10.4 Å². The molecule has 5 heteroatoms. The Hall–Kier alpha value is -2.14. The molecule has 0 N–H and O–H groups in total. The molecule has 0 saturated carbocycles. The number of benzene rings is 1. The van der Waals surface area contributed by atoms with Crippen LogP contribution in [0.2, 0.25) is 0 Å². The van der Waals surface area contributed by atoms with Crippen molar-refractivity contribution in [1.82, 2.24) is 4.57 Å². The minimum Gasteiger partial charge on any atom is -0.408 e. The van der Waals surface area contributed by atoms with E-state index in [0.717, 1.165) is 22.4 Å². The highest BCUT2D eigenvalue weighted by atomic mass is 32.1. The van der Waals surface area contributed by atoms with E-state index in [-0.39, 0.29) is 11.5 Å². The molecule has 0 spiro atoms. The molecule has 21 heavy (non-hydrogen) atoms. The number of ketones is 1. The van der Waals surface area contributed by atoms with Gasteiger partial charge in [-0.2, -0.15) is 0 Å². The predicted octanol–water partition coefficient (Wildman–Crippen LogP) is 3.47. The van der Waals surface area contributed by atoms with Gasteiger partial charge < -0.3 is 4.42 Å². The fraction of sp³-hybridized carbons (Fsp3) is 0.250. The molecule has 108 valence electrons. The van der Waals surface area contributed by atoms with Crippen LogP contribution in [0.25, 0.3) is 11.1 Å². The molecule has 0 bridgehead atoms. The molecule has 0 fully saturated rings. The molecule has 0 unspecified atom stereocenters. The van der Waals surface area contributed by atoms with Crippen molar-refractivity contribution in [3.8, 4) is 0 Å². The maximum absolute atomic E-state index is 12.6. The fourth-order valence-corrected chi connectivity index (χ4v) is 3.41. The first kappa shape index (κ1) is 13.8. The quantitative estimate of drug-likeness (QED) is 0.693. The zero-order valence-corrected chi connectivity index (χ0v) is 12.7. The lowest BCUT2D eigenvalue weighted by atomic mass is 10.1. The Bertz CT molecular complexity index is 869. The second kappa shape index (κ2) is 5.33. The standard InChI is InChI=1S/C16H15NO3S/c1-3-10-7-8-21-15(10)14(18)11-5-6-12-13(9-11)20-16(19)17(12)4-2/h5-9H,3-4H2,1-2H3. The summed E-state index contributed by atoms with van der Waals surface area (Å²) in [5.74, 6) is -0.405. The minimum absolute atomic E-state index is 0.0179. The highest BCUT2D eigenvalue weighted by Crippen LogP contribution is 2.23. The maximum Gasteiger partial charge on any atom is 0.419 e. The van der Waals surface area contributed by atoms with Crippen LogP contribution in [-0.2, 0) is 13.0 Å². The number of hydrogen-bond acceptors (Lipinski definition) is 4. The lowest BCUT2D eigenvalue weighted by Crippen LogP contribution is -2.11. The van der Waals surface area contributed by atoms with Crippen LogP contribution in [0.4, 0.5) is 0 Å². The predicted molar refractivity (Wildman–Crippen MR) is 83.3 cm³/mol. The molecule has 0 atom stereocenters. The van der Waals surface area contributed by atoms with Crippen LogP contribution >= 0.6 is 11.3 Å². The van der Waals surface area contributed by atoms with E-state index in [1.165, 1.54) is 11.3 Å². The van der Waals surface area contributed by atoms with Crippen LogP contribution in [0.15, 0.2) is 38.9 Å². The van der Waals surface area contributed by atoms with E-state index in [9.17, 15) is 9.59 Å². The van der Waals surface area contributed by atoms with E-state index < -0.39 is 0 Å². The number of carbonyl (C=O) groups excluding carboxylic acids is 1. The molecular weight excluding hydrogens is 286 g/mol. The third kappa shape index (κ3) is 2.23. The van der Waals surface area contributed by atoms with Crippen LogP contribution in [0.3, 0.4) is 0 Å². The van der Waals surface area contributed by atoms with Gasteiger partial charge in [0.05, 0.1) is 10.4 Å². The van der Waals surface area contributed by atoms with Crippen LogP contribution in [0.1, 0.15) is 34.6 Å². The van der Waals surface area contributed by atoms with Crippen molar-refractivity contribution in [2.24, 2.45) is 0 Å². The van der Waals surface area contributed by atoms with Gasteiger partial charge in [0.2, 0.25) is 5.78 Å². The molecule has 3 rings (SSSR count). The summed E-state index contributed by atoms with van der Waals surface area (Å²) in [7, 11) is 0. The first-order valence-corrected chi connectivity index (χ1v) is 7.78. The molecule has 0 saturated heterocycles. The lowest BCUT2D eigenvalue weighted by Gasteiger charge is -2.02. The van der Waals surface area contributed by atoms with Crippen molar-refractivity contribution >= 4 is 28.2 Å². The Kier molecular flexibility index (Phi) is 3.51. The summed E-state index contributed by atoms with van der Waals surface area (Å²) in [5, 5.41) is 1.93. The van der Waals surface area contributed by atoms with Crippen LogP contribution in [0, 0.1) is 0 Å². The third-order valence-electron chi connectivity index (χ3n) is 3.58. The molecule has 0 amide bonds. The average Bonchev–Trinajstić information content (AvgIpc) is 3.08. The molecular formula is C16H15NO3S. The Morgan fingerprint density at radius 3 is 2.81 bits per heavy atom. The third-order valence-corrected chi connectivity index (χ3v) is 4.54. The second-order valence-electron chi connectivity index (χ2n) is 4.75. The van der Waals surface area contributed by atoms with E-state index in [2.05, 4.69) is 0 Å². The number of fused-ring (bicyclic) bond motifs is 1. The maximum atomic E-state index is 12.6. The van der Waals surface area contributed by atoms with Gasteiger partial charge in [0.15, 0.2) is 5.58 Å². The largest absolute Gasteiger partial charge is 0.419 e. The van der Waals surface area contributed by atoms with Crippen LogP contribution < -0.4 is 5.76 Å². The molecule has 0 aliphatic carbocycles. The summed E-state index contributed by atoms with van der Waals surface area (Å²) in [4.78, 5) is 25.0. The number of hydrogen-bond donors (Lipinski definition) is 0. The van der Waals surface area contributed by atoms with E-state index in [1.54, 1.807) is 22.8 Å². The number of nitrogens with zero attached hydrogens (tertiary/aromatic N) is 1. The van der Waals surface area contributed by atoms with Crippen molar-refractivity contribution < 1.29 is 9.21 Å². The molecule has 0 aliphatic heterocycles.